The monoisotopic (exact) mass is 670 g/mol. The van der Waals surface area contributed by atoms with Crippen molar-refractivity contribution in [2.24, 2.45) is 0 Å². The van der Waals surface area contributed by atoms with Gasteiger partial charge in [0.2, 0.25) is 0 Å². The smallest absolute Gasteiger partial charge is 0.433 e. The van der Waals surface area contributed by atoms with Crippen LogP contribution >= 0.6 is 36.6 Å². The van der Waals surface area contributed by atoms with E-state index in [1.807, 2.05) is 29.3 Å². The number of aromatic nitrogens is 1. The number of carbonyl (C=O) groups is 1. The molecule has 0 N–H and O–H groups in total. The zero-order valence-electron chi connectivity index (χ0n) is 22.5. The standard InChI is InChI=1S/C27H26F6N5O2S.2ClH/c28-26(29,30)16-40-22-5-1-4-20-21(14-23(27(31,32)33)34-24(20)22)35-6-8-37(9-7-35)38-11-2-3-19(38)13-18(15-38)25(39)36-10-12-41-17-36;;/h1-5,11,13-14H,6-10,12,15-17H2;2*1H/q+1;;/t38-;;/m1../s1. The number of piperazine rings is 1. The summed E-state index contributed by atoms with van der Waals surface area (Å²) in [4.78, 5) is 20.4. The average Bonchev–Trinajstić information content (AvgIpc) is 3.67. The van der Waals surface area contributed by atoms with Crippen molar-refractivity contribution in [3.8, 4) is 5.75 Å². The highest BCUT2D eigenvalue weighted by Gasteiger charge is 2.48. The van der Waals surface area contributed by atoms with Gasteiger partial charge in [0.05, 0.1) is 24.5 Å². The van der Waals surface area contributed by atoms with Gasteiger partial charge in [-0.25, -0.2) is 4.98 Å². The summed E-state index contributed by atoms with van der Waals surface area (Å²) in [6.45, 7) is 1.22. The van der Waals surface area contributed by atoms with Gasteiger partial charge in [-0.1, -0.05) is 12.1 Å². The highest BCUT2D eigenvalue weighted by atomic mass is 35.5. The Bertz CT molecular complexity index is 1470. The number of benzene rings is 1. The molecule has 0 radical (unpaired) electrons. The fraction of sp³-hybridized carbons (Fsp3) is 0.407. The van der Waals surface area contributed by atoms with E-state index in [1.54, 1.807) is 16.7 Å². The molecule has 16 heteroatoms. The number of alkyl halides is 6. The molecule has 1 amide bonds. The van der Waals surface area contributed by atoms with Crippen molar-refractivity contribution in [3.05, 3.63) is 65.7 Å². The predicted octanol–water partition coefficient (Wildman–Crippen LogP) is 5.78. The molecule has 4 aliphatic rings. The normalized spacial score (nSPS) is 22.2. The third-order valence-electron chi connectivity index (χ3n) is 7.66. The van der Waals surface area contributed by atoms with Crippen LogP contribution in [0.3, 0.4) is 0 Å². The Labute approximate surface area is 260 Å². The van der Waals surface area contributed by atoms with Crippen molar-refractivity contribution in [2.45, 2.75) is 12.4 Å². The lowest BCUT2D eigenvalue weighted by Gasteiger charge is -2.44. The van der Waals surface area contributed by atoms with Gasteiger partial charge in [0.15, 0.2) is 12.3 Å². The summed E-state index contributed by atoms with van der Waals surface area (Å²) in [5.41, 5.74) is 0.451. The van der Waals surface area contributed by atoms with Crippen LogP contribution in [0, 0.1) is 0 Å². The number of fused-ring (bicyclic) bond motifs is 2. The van der Waals surface area contributed by atoms with Crippen LogP contribution in [0.5, 0.6) is 5.75 Å². The number of para-hydroxylation sites is 1. The lowest BCUT2D eigenvalue weighted by Crippen LogP contribution is -2.60. The number of thioether (sulfide) groups is 1. The molecule has 43 heavy (non-hydrogen) atoms. The Hall–Kier alpha value is -2.65. The van der Waals surface area contributed by atoms with Crippen LogP contribution in [0.1, 0.15) is 5.69 Å². The summed E-state index contributed by atoms with van der Waals surface area (Å²) in [7, 11) is 0. The van der Waals surface area contributed by atoms with Gasteiger partial charge in [-0.2, -0.15) is 30.9 Å². The molecule has 0 aliphatic carbocycles. The van der Waals surface area contributed by atoms with Gasteiger partial charge < -0.3 is 14.5 Å². The Morgan fingerprint density at radius 1 is 1.05 bits per heavy atom. The molecule has 234 valence electrons. The summed E-state index contributed by atoms with van der Waals surface area (Å²) in [5.74, 6) is 1.25. The number of hydrogen-bond donors (Lipinski definition) is 0. The molecule has 1 atom stereocenters. The van der Waals surface area contributed by atoms with Gasteiger partial charge >= 0.3 is 12.4 Å². The molecule has 2 fully saturated rings. The minimum absolute atomic E-state index is 0. The van der Waals surface area contributed by atoms with Crippen LogP contribution in [0.15, 0.2) is 60.0 Å². The number of nitrogens with zero attached hydrogens (tertiary/aromatic N) is 5. The molecule has 0 bridgehead atoms. The van der Waals surface area contributed by atoms with Crippen LogP contribution < -0.4 is 9.64 Å². The summed E-state index contributed by atoms with van der Waals surface area (Å²) in [6.07, 6.45) is -1.59. The van der Waals surface area contributed by atoms with E-state index in [2.05, 4.69) is 9.99 Å². The topological polar surface area (TPSA) is 48.9 Å². The number of rotatable bonds is 5. The predicted molar refractivity (Wildman–Crippen MR) is 156 cm³/mol. The summed E-state index contributed by atoms with van der Waals surface area (Å²) in [5, 5.41) is 2.46. The molecule has 0 spiro atoms. The third-order valence-corrected chi connectivity index (χ3v) is 8.62. The van der Waals surface area contributed by atoms with Crippen molar-refractivity contribution in [3.63, 3.8) is 0 Å². The van der Waals surface area contributed by atoms with Crippen molar-refractivity contribution >= 4 is 59.1 Å². The molecule has 1 aromatic carbocycles. The molecule has 2 aromatic rings. The minimum atomic E-state index is -4.81. The summed E-state index contributed by atoms with van der Waals surface area (Å²) < 4.78 is 85.1. The zero-order chi connectivity index (χ0) is 29.0. The average molecular weight is 672 g/mol. The first-order valence-electron chi connectivity index (χ1n) is 13.0. The van der Waals surface area contributed by atoms with E-state index in [0.29, 0.717) is 43.2 Å². The van der Waals surface area contributed by atoms with Gasteiger partial charge in [0, 0.05) is 48.6 Å². The van der Waals surface area contributed by atoms with E-state index in [4.69, 9.17) is 4.74 Å². The lowest BCUT2D eigenvalue weighted by atomic mass is 10.1. The molecule has 4 aliphatic heterocycles. The fourth-order valence-electron chi connectivity index (χ4n) is 5.73. The van der Waals surface area contributed by atoms with Gasteiger partial charge in [-0.3, -0.25) is 4.79 Å². The number of amides is 1. The Kier molecular flexibility index (Phi) is 9.58. The number of quaternary nitrogens is 1. The Morgan fingerprint density at radius 2 is 1.79 bits per heavy atom. The summed E-state index contributed by atoms with van der Waals surface area (Å²) >= 11 is 1.72. The number of hydrogen-bond acceptors (Lipinski definition) is 6. The number of halogens is 8. The van der Waals surface area contributed by atoms with Crippen molar-refractivity contribution < 1.29 is 40.5 Å². The van der Waals surface area contributed by atoms with Crippen LogP contribution in [0.25, 0.3) is 10.9 Å². The fourth-order valence-corrected chi connectivity index (χ4v) is 6.68. The lowest BCUT2D eigenvalue weighted by molar-refractivity contribution is -0.948. The number of pyridine rings is 1. The van der Waals surface area contributed by atoms with Crippen molar-refractivity contribution in [2.75, 3.05) is 62.4 Å². The van der Waals surface area contributed by atoms with E-state index < -0.39 is 24.7 Å². The number of carbonyl (C=O) groups excluding carboxylic acids is 1. The highest BCUT2D eigenvalue weighted by molar-refractivity contribution is 7.99. The van der Waals surface area contributed by atoms with E-state index in [1.165, 1.54) is 18.2 Å². The highest BCUT2D eigenvalue weighted by Crippen LogP contribution is 2.41. The van der Waals surface area contributed by atoms with E-state index in [0.717, 1.165) is 29.6 Å². The summed E-state index contributed by atoms with van der Waals surface area (Å²) in [6, 6.07) is 5.12. The second kappa shape index (κ2) is 12.4. The molecule has 5 heterocycles. The maximum absolute atomic E-state index is 13.8. The van der Waals surface area contributed by atoms with E-state index >= 15 is 0 Å². The molecule has 6 rings (SSSR count). The third kappa shape index (κ3) is 6.44. The van der Waals surface area contributed by atoms with Gasteiger partial charge in [-0.05, 0) is 18.2 Å². The Morgan fingerprint density at radius 3 is 2.44 bits per heavy atom. The van der Waals surface area contributed by atoms with Crippen LogP contribution in [-0.4, -0.2) is 89.1 Å². The second-order valence-electron chi connectivity index (χ2n) is 10.2. The molecule has 0 saturated carbocycles. The van der Waals surface area contributed by atoms with Crippen molar-refractivity contribution in [1.29, 1.82) is 0 Å². The van der Waals surface area contributed by atoms with Crippen LogP contribution in [-0.2, 0) is 11.0 Å². The van der Waals surface area contributed by atoms with Crippen molar-refractivity contribution in [1.82, 2.24) is 14.9 Å². The molecule has 7 nitrogen and oxygen atoms in total. The van der Waals surface area contributed by atoms with Gasteiger partial charge in [0.25, 0.3) is 5.91 Å². The molecular weight excluding hydrogens is 643 g/mol. The first-order valence-corrected chi connectivity index (χ1v) is 14.2. The van der Waals surface area contributed by atoms with Gasteiger partial charge in [-0.15, -0.1) is 41.6 Å². The quantitative estimate of drug-likeness (QED) is 0.297. The first-order chi connectivity index (χ1) is 19.4. The van der Waals surface area contributed by atoms with Crippen LogP contribution in [0.2, 0.25) is 0 Å². The molecule has 0 unspecified atom stereocenters. The Balaban J connectivity index is 0.00000212. The number of ether oxygens (including phenoxy) is 1. The zero-order valence-corrected chi connectivity index (χ0v) is 25.0. The largest absolute Gasteiger partial charge is 0.482 e. The van der Waals surface area contributed by atoms with Gasteiger partial charge in [0.1, 0.15) is 29.7 Å². The second-order valence-corrected chi connectivity index (χ2v) is 11.3. The van der Waals surface area contributed by atoms with E-state index in [-0.39, 0.29) is 53.1 Å². The molecular formula is C27H28Cl2F6N5O2S+. The molecule has 1 aromatic heterocycles. The maximum Gasteiger partial charge on any atom is 0.433 e. The maximum atomic E-state index is 13.8. The van der Waals surface area contributed by atoms with E-state index in [9.17, 15) is 31.1 Å². The number of allylic oxidation sites excluding steroid dienone is 3. The number of anilines is 1. The SMILES string of the molecule is Cl.Cl.O=C(C1=CC2=CC=C[N@@+]2(N2CCN(c3cc(C(F)(F)F)nc4c(OCC(F)(F)F)cccc34)CC2)C1)N1CCSC1. The molecule has 2 saturated heterocycles. The first kappa shape index (κ1) is 33.2. The minimum Gasteiger partial charge on any atom is -0.482 e. The van der Waals surface area contributed by atoms with Crippen LogP contribution in [0.4, 0.5) is 32.0 Å².